The summed E-state index contributed by atoms with van der Waals surface area (Å²) < 4.78 is 0. The molecule has 0 aliphatic heterocycles. The third-order valence-corrected chi connectivity index (χ3v) is 3.44. The maximum Gasteiger partial charge on any atom is 0.251 e. The highest BCUT2D eigenvalue weighted by atomic mass is 16.1. The van der Waals surface area contributed by atoms with Gasteiger partial charge in [0.05, 0.1) is 0 Å². The summed E-state index contributed by atoms with van der Waals surface area (Å²) in [4.78, 5) is 11.8. The molecule has 1 aromatic carbocycles. The summed E-state index contributed by atoms with van der Waals surface area (Å²) in [5.74, 6) is 0.00444. The monoisotopic (exact) mass is 246 g/mol. The first kappa shape index (κ1) is 12.9. The Balaban J connectivity index is 2.00. The van der Waals surface area contributed by atoms with Crippen molar-refractivity contribution in [2.24, 2.45) is 0 Å². The average Bonchev–Trinajstić information content (AvgIpc) is 2.40. The molecule has 0 saturated heterocycles. The van der Waals surface area contributed by atoms with Gasteiger partial charge < -0.3 is 10.6 Å². The van der Waals surface area contributed by atoms with Gasteiger partial charge in [0.2, 0.25) is 0 Å². The second-order valence-electron chi connectivity index (χ2n) is 4.92. The quantitative estimate of drug-likeness (QED) is 0.856. The number of hydrogen-bond donors (Lipinski definition) is 2. The minimum Gasteiger partial charge on any atom is -0.382 e. The van der Waals surface area contributed by atoms with Crippen molar-refractivity contribution < 1.29 is 4.79 Å². The first-order valence-electron chi connectivity index (χ1n) is 6.94. The van der Waals surface area contributed by atoms with E-state index < -0.39 is 0 Å². The Morgan fingerprint density at radius 1 is 1.28 bits per heavy atom. The van der Waals surface area contributed by atoms with Crippen LogP contribution in [0.4, 0.5) is 5.69 Å². The largest absolute Gasteiger partial charge is 0.382 e. The maximum absolute atomic E-state index is 11.8. The van der Waals surface area contributed by atoms with Gasteiger partial charge in [0.25, 0.3) is 5.91 Å². The second-order valence-corrected chi connectivity index (χ2v) is 4.92. The molecule has 3 nitrogen and oxygen atoms in total. The number of benzene rings is 1. The Morgan fingerprint density at radius 3 is 2.78 bits per heavy atom. The maximum atomic E-state index is 11.8. The van der Waals surface area contributed by atoms with Crippen LogP contribution >= 0.6 is 0 Å². The van der Waals surface area contributed by atoms with Crippen LogP contribution in [0.15, 0.2) is 24.3 Å². The summed E-state index contributed by atoms with van der Waals surface area (Å²) in [6.45, 7) is 2.60. The lowest BCUT2D eigenvalue weighted by Crippen LogP contribution is -2.24. The van der Waals surface area contributed by atoms with Crippen LogP contribution in [0.2, 0.25) is 0 Å². The number of rotatable bonds is 4. The van der Waals surface area contributed by atoms with Gasteiger partial charge in [-0.2, -0.15) is 0 Å². The second kappa shape index (κ2) is 6.43. The van der Waals surface area contributed by atoms with Gasteiger partial charge >= 0.3 is 0 Å². The molecule has 1 saturated carbocycles. The molecular formula is C15H22N2O. The van der Waals surface area contributed by atoms with Crippen LogP contribution in [0.5, 0.6) is 0 Å². The van der Waals surface area contributed by atoms with Crippen LogP contribution in [-0.2, 0) is 0 Å². The first-order valence-corrected chi connectivity index (χ1v) is 6.94. The molecule has 98 valence electrons. The number of amides is 1. The highest BCUT2D eigenvalue weighted by Gasteiger charge is 2.13. The molecule has 0 spiro atoms. The molecule has 0 unspecified atom stereocenters. The molecule has 2 rings (SSSR count). The number of carbonyl (C=O) groups excluding carboxylic acids is 1. The highest BCUT2D eigenvalue weighted by molar-refractivity contribution is 5.95. The number of anilines is 1. The molecule has 2 N–H and O–H groups in total. The van der Waals surface area contributed by atoms with Crippen LogP contribution in [0.1, 0.15) is 49.4 Å². The summed E-state index contributed by atoms with van der Waals surface area (Å²) in [6, 6.07) is 8.35. The Hall–Kier alpha value is -1.51. The Bertz CT molecular complexity index is 397. The lowest BCUT2D eigenvalue weighted by atomic mass is 9.95. The summed E-state index contributed by atoms with van der Waals surface area (Å²) in [6.07, 6.45) is 6.47. The van der Waals surface area contributed by atoms with Gasteiger partial charge in [-0.25, -0.2) is 0 Å². The van der Waals surface area contributed by atoms with Crippen LogP contribution in [0, 0.1) is 0 Å². The Kier molecular flexibility index (Phi) is 4.62. The van der Waals surface area contributed by atoms with Gasteiger partial charge in [0.1, 0.15) is 0 Å². The van der Waals surface area contributed by atoms with Crippen molar-refractivity contribution in [3.63, 3.8) is 0 Å². The molecular weight excluding hydrogens is 224 g/mol. The van der Waals surface area contributed by atoms with E-state index in [4.69, 9.17) is 0 Å². The number of carbonyl (C=O) groups is 1. The normalized spacial score (nSPS) is 16.3. The highest BCUT2D eigenvalue weighted by Crippen LogP contribution is 2.22. The van der Waals surface area contributed by atoms with Crippen LogP contribution < -0.4 is 10.6 Å². The SMILES string of the molecule is CCNC(=O)c1cccc(NC2CCCCC2)c1. The number of hydrogen-bond acceptors (Lipinski definition) is 2. The topological polar surface area (TPSA) is 41.1 Å². The van der Waals surface area contributed by atoms with Crippen molar-refractivity contribution in [2.75, 3.05) is 11.9 Å². The van der Waals surface area contributed by atoms with Crippen molar-refractivity contribution in [3.05, 3.63) is 29.8 Å². The van der Waals surface area contributed by atoms with E-state index in [0.29, 0.717) is 12.6 Å². The van der Waals surface area contributed by atoms with Crippen molar-refractivity contribution in [1.82, 2.24) is 5.32 Å². The Morgan fingerprint density at radius 2 is 2.06 bits per heavy atom. The lowest BCUT2D eigenvalue weighted by Gasteiger charge is -2.24. The first-order chi connectivity index (χ1) is 8.79. The van der Waals surface area contributed by atoms with E-state index in [9.17, 15) is 4.79 Å². The van der Waals surface area contributed by atoms with Crippen LogP contribution in [0.25, 0.3) is 0 Å². The lowest BCUT2D eigenvalue weighted by molar-refractivity contribution is 0.0956. The minimum absolute atomic E-state index is 0.00444. The van der Waals surface area contributed by atoms with Gasteiger partial charge in [-0.1, -0.05) is 25.3 Å². The molecule has 18 heavy (non-hydrogen) atoms. The summed E-state index contributed by atoms with van der Waals surface area (Å²) in [5, 5.41) is 6.36. The van der Waals surface area contributed by atoms with E-state index in [1.165, 1.54) is 32.1 Å². The molecule has 1 aliphatic rings. The summed E-state index contributed by atoms with van der Waals surface area (Å²) in [7, 11) is 0. The fourth-order valence-electron chi connectivity index (χ4n) is 2.50. The van der Waals surface area contributed by atoms with Gasteiger partial charge in [-0.3, -0.25) is 4.79 Å². The zero-order chi connectivity index (χ0) is 12.8. The standard InChI is InChI=1S/C15H22N2O/c1-2-16-15(18)12-7-6-10-14(11-12)17-13-8-4-3-5-9-13/h6-7,10-11,13,17H,2-5,8-9H2,1H3,(H,16,18). The third-order valence-electron chi connectivity index (χ3n) is 3.44. The van der Waals surface area contributed by atoms with Crippen molar-refractivity contribution in [3.8, 4) is 0 Å². The zero-order valence-electron chi connectivity index (χ0n) is 11.0. The predicted octanol–water partition coefficient (Wildman–Crippen LogP) is 3.18. The molecule has 0 bridgehead atoms. The molecule has 0 atom stereocenters. The smallest absolute Gasteiger partial charge is 0.251 e. The molecule has 1 aromatic rings. The van der Waals surface area contributed by atoms with Gasteiger partial charge in [0, 0.05) is 23.8 Å². The zero-order valence-corrected chi connectivity index (χ0v) is 11.0. The molecule has 0 aromatic heterocycles. The van der Waals surface area contributed by atoms with Gasteiger partial charge in [0.15, 0.2) is 0 Å². The minimum atomic E-state index is 0.00444. The summed E-state index contributed by atoms with van der Waals surface area (Å²) >= 11 is 0. The average molecular weight is 246 g/mol. The molecule has 1 fully saturated rings. The van der Waals surface area contributed by atoms with E-state index in [2.05, 4.69) is 10.6 Å². The third kappa shape index (κ3) is 3.49. The summed E-state index contributed by atoms with van der Waals surface area (Å²) in [5.41, 5.74) is 1.79. The van der Waals surface area contributed by atoms with E-state index in [0.717, 1.165) is 11.3 Å². The van der Waals surface area contributed by atoms with Gasteiger partial charge in [-0.15, -0.1) is 0 Å². The van der Waals surface area contributed by atoms with E-state index in [-0.39, 0.29) is 5.91 Å². The Labute approximate surface area is 109 Å². The molecule has 1 aliphatic carbocycles. The fourth-order valence-corrected chi connectivity index (χ4v) is 2.50. The van der Waals surface area contributed by atoms with Gasteiger partial charge in [-0.05, 0) is 38.0 Å². The molecule has 1 amide bonds. The molecule has 0 radical (unpaired) electrons. The van der Waals surface area contributed by atoms with E-state index >= 15 is 0 Å². The predicted molar refractivity (Wildman–Crippen MR) is 74.9 cm³/mol. The van der Waals surface area contributed by atoms with Crippen molar-refractivity contribution in [1.29, 1.82) is 0 Å². The van der Waals surface area contributed by atoms with E-state index in [1.807, 2.05) is 31.2 Å². The van der Waals surface area contributed by atoms with Crippen molar-refractivity contribution in [2.45, 2.75) is 45.1 Å². The van der Waals surface area contributed by atoms with E-state index in [1.54, 1.807) is 0 Å². The fraction of sp³-hybridized carbons (Fsp3) is 0.533. The van der Waals surface area contributed by atoms with Crippen LogP contribution in [0.3, 0.4) is 0 Å². The number of nitrogens with one attached hydrogen (secondary N) is 2. The molecule has 3 heteroatoms. The van der Waals surface area contributed by atoms with Crippen molar-refractivity contribution >= 4 is 11.6 Å². The molecule has 0 heterocycles. The van der Waals surface area contributed by atoms with Crippen LogP contribution in [-0.4, -0.2) is 18.5 Å².